The predicted octanol–water partition coefficient (Wildman–Crippen LogP) is 19.6. The van der Waals surface area contributed by atoms with Gasteiger partial charge in [0.15, 0.2) is 0 Å². The van der Waals surface area contributed by atoms with E-state index >= 15 is 0 Å². The van der Waals surface area contributed by atoms with E-state index in [1.165, 1.54) is 52.1 Å². The van der Waals surface area contributed by atoms with Crippen molar-refractivity contribution in [3.63, 3.8) is 0 Å². The van der Waals surface area contributed by atoms with Crippen LogP contribution in [0.5, 0.6) is 0 Å². The van der Waals surface area contributed by atoms with Crippen LogP contribution in [0.15, 0.2) is 273 Å². The average molecular weight is 1690 g/mol. The van der Waals surface area contributed by atoms with E-state index in [1.807, 2.05) is 123 Å². The van der Waals surface area contributed by atoms with Gasteiger partial charge in [-0.05, 0) is 125 Å². The third-order valence-corrected chi connectivity index (χ3v) is 13.1. The topological polar surface area (TPSA) is 64.5 Å². The Morgan fingerprint density at radius 3 is 1.25 bits per heavy atom. The summed E-state index contributed by atoms with van der Waals surface area (Å²) in [6.07, 6.45) is 8.78. The van der Waals surface area contributed by atoms with Crippen LogP contribution in [-0.4, -0.2) is 24.9 Å². The molecular formula is C78H60F2Ir3N5-5. The fourth-order valence-electron chi connectivity index (χ4n) is 8.67. The summed E-state index contributed by atoms with van der Waals surface area (Å²) >= 11 is 0. The third-order valence-electron chi connectivity index (χ3n) is 13.1. The maximum absolute atomic E-state index is 13.0. The van der Waals surface area contributed by atoms with Crippen LogP contribution in [-0.2, 0) is 60.3 Å². The summed E-state index contributed by atoms with van der Waals surface area (Å²) in [6, 6.07) is 72.7. The van der Waals surface area contributed by atoms with Crippen molar-refractivity contribution in [1.82, 2.24) is 24.9 Å². The zero-order valence-electron chi connectivity index (χ0n) is 56.4. The first-order valence-corrected chi connectivity index (χ1v) is 27.1. The Hall–Kier alpha value is -8.68. The first-order valence-electron chi connectivity index (χ1n) is 31.1. The maximum atomic E-state index is 13.0. The van der Waals surface area contributed by atoms with Crippen molar-refractivity contribution >= 4 is 0 Å². The molecule has 5 heterocycles. The first kappa shape index (κ1) is 57.1. The molecule has 13 aromatic rings. The molecule has 88 heavy (non-hydrogen) atoms. The monoisotopic (exact) mass is 1690 g/mol. The van der Waals surface area contributed by atoms with Gasteiger partial charge in [0.05, 0.1) is 0 Å². The normalized spacial score (nSPS) is 11.2. The summed E-state index contributed by atoms with van der Waals surface area (Å²) in [5, 5.41) is 0. The van der Waals surface area contributed by atoms with Crippen LogP contribution in [0, 0.1) is 76.6 Å². The van der Waals surface area contributed by atoms with Gasteiger partial charge in [0.25, 0.3) is 0 Å². The van der Waals surface area contributed by atoms with Gasteiger partial charge in [-0.1, -0.05) is 111 Å². The van der Waals surface area contributed by atoms with Crippen molar-refractivity contribution in [2.75, 3.05) is 0 Å². The first-order chi connectivity index (χ1) is 44.8. The number of hydrogen-bond donors (Lipinski definition) is 0. The number of hydrogen-bond acceptors (Lipinski definition) is 5. The second-order valence-electron chi connectivity index (χ2n) is 19.2. The molecule has 0 bridgehead atoms. The van der Waals surface area contributed by atoms with Crippen LogP contribution in [0.4, 0.5) is 8.78 Å². The van der Waals surface area contributed by atoms with Crippen LogP contribution in [0.25, 0.3) is 89.7 Å². The Kier molecular flexibility index (Phi) is 22.8. The van der Waals surface area contributed by atoms with E-state index in [2.05, 4.69) is 106 Å². The molecule has 0 unspecified atom stereocenters. The van der Waals surface area contributed by atoms with E-state index in [-0.39, 0.29) is 131 Å². The van der Waals surface area contributed by atoms with Gasteiger partial charge in [0, 0.05) is 113 Å². The van der Waals surface area contributed by atoms with E-state index in [4.69, 9.17) is 11.0 Å². The van der Waals surface area contributed by atoms with Crippen LogP contribution in [0.3, 0.4) is 0 Å². The van der Waals surface area contributed by atoms with Crippen molar-refractivity contribution in [3.8, 4) is 89.7 Å². The Labute approximate surface area is 568 Å². The molecule has 13 rings (SSSR count). The summed E-state index contributed by atoms with van der Waals surface area (Å²) in [5.41, 5.74) is 18.5. The Balaban J connectivity index is 0.000000192. The number of aromatic nitrogens is 5. The fraction of sp³-hybridized carbons (Fsp3) is 0.0641. The number of halogens is 2. The molecule has 5 nitrogen and oxygen atoms in total. The van der Waals surface area contributed by atoms with Crippen LogP contribution in [0.2, 0.25) is 0 Å². The molecule has 0 saturated heterocycles. The summed E-state index contributed by atoms with van der Waals surface area (Å²) in [5.74, 6) is -0.619. The Morgan fingerprint density at radius 1 is 0.352 bits per heavy atom. The smallest absolute Gasteiger partial charge is 0.123 e. The molecule has 0 fully saturated rings. The van der Waals surface area contributed by atoms with Crippen molar-refractivity contribution < 1.29 is 80.1 Å². The quantitative estimate of drug-likeness (QED) is 0.142. The minimum atomic E-state index is -0.316. The van der Waals surface area contributed by atoms with Gasteiger partial charge in [0.2, 0.25) is 0 Å². The van der Waals surface area contributed by atoms with Crippen LogP contribution < -0.4 is 0 Å². The van der Waals surface area contributed by atoms with E-state index in [0.29, 0.717) is 11.4 Å². The number of benzene rings is 8. The van der Waals surface area contributed by atoms with Crippen LogP contribution >= 0.6 is 0 Å². The Morgan fingerprint density at radius 2 is 0.807 bits per heavy atom. The van der Waals surface area contributed by atoms with Crippen molar-refractivity contribution in [2.45, 2.75) is 34.6 Å². The van der Waals surface area contributed by atoms with Gasteiger partial charge in [-0.2, -0.15) is 0 Å². The molecule has 0 saturated carbocycles. The summed E-state index contributed by atoms with van der Waals surface area (Å²) in [6.45, 7) is 9.99. The molecule has 0 spiro atoms. The number of aryl methyl sites for hydroxylation is 5. The van der Waals surface area contributed by atoms with Crippen LogP contribution in [0.1, 0.15) is 38.8 Å². The van der Waals surface area contributed by atoms with Gasteiger partial charge in [-0.15, -0.1) is 178 Å². The van der Waals surface area contributed by atoms with E-state index in [1.54, 1.807) is 61.2 Å². The molecule has 0 aliphatic rings. The third kappa shape index (κ3) is 19.7. The molecule has 0 aliphatic carbocycles. The van der Waals surface area contributed by atoms with Crippen molar-refractivity contribution in [1.29, 1.82) is 0 Å². The fourth-order valence-corrected chi connectivity index (χ4v) is 8.67. The molecule has 5 aromatic heterocycles. The van der Waals surface area contributed by atoms with Gasteiger partial charge in [-0.3, -0.25) is 0 Å². The van der Waals surface area contributed by atoms with E-state index < -0.39 is 0 Å². The minimum absolute atomic E-state index is 0. The minimum Gasteiger partial charge on any atom is -0.305 e. The summed E-state index contributed by atoms with van der Waals surface area (Å²) in [4.78, 5) is 21.7. The molecule has 443 valence electrons. The SMILES string of the molecule is Cc1c[c-]c(-c2ccccn2)cc1.Cc1cc(-c2[c-]cccc2)ncc1-c1ccccc1.Cc1ccc[c-]c1-c1ccccn1.[2H]c1[c-]c(-c2cc(C)c(-c3ccc(F)cc3)cn2)c([2H])c([2H])c1[2H].[2H]c1[c-]c(-c2cc(C)c(-c3ccc(F)cc3)cn2)c([2H])c([2H])c1[2H].[Ir].[Ir].[Ir]. The molecule has 0 aliphatic heterocycles. The predicted molar refractivity (Wildman–Crippen MR) is 342 cm³/mol. The zero-order chi connectivity index (χ0) is 66.1. The molecule has 10 heteroatoms. The second kappa shape index (κ2) is 35.2. The van der Waals surface area contributed by atoms with Crippen molar-refractivity contribution in [3.05, 3.63) is 343 Å². The van der Waals surface area contributed by atoms with E-state index in [9.17, 15) is 8.78 Å². The molecule has 0 N–H and O–H groups in total. The molecule has 8 aromatic carbocycles. The summed E-state index contributed by atoms with van der Waals surface area (Å²) in [7, 11) is 0. The van der Waals surface area contributed by atoms with Gasteiger partial charge < -0.3 is 24.9 Å². The largest absolute Gasteiger partial charge is 0.305 e. The molecule has 0 amide bonds. The average Bonchev–Trinajstić information content (AvgIpc) is 0.803. The van der Waals surface area contributed by atoms with Crippen molar-refractivity contribution in [2.24, 2.45) is 0 Å². The molecular weight excluding hydrogens is 1620 g/mol. The standard InChI is InChI=1S/2C18H13FN.C18H14N.2C12H10N.3Ir/c2*1-13-11-18(15-5-3-2-4-6-15)20-12-17(13)14-7-9-16(19)10-8-14;1-14-12-18(16-10-6-3-7-11-16)19-13-17(14)15-8-4-2-5-9-15;1-10-6-2-3-7-11(10)12-8-4-5-9-13-12;1-10-5-7-11(8-6-10)12-4-2-3-9-13-12;;;/h2*2-5,7-12H,1H3;2-10,12-13H,1H3;2-6,8-9H,1H3;2-7,9H,1H3;;;/q5*-1;;;/i2*2D,3D,4D,5D;;;;;;. The Bertz CT molecular complexity index is 4510. The number of pyridine rings is 5. The summed E-state index contributed by atoms with van der Waals surface area (Å²) < 4.78 is 88.1. The van der Waals surface area contributed by atoms with Gasteiger partial charge in [0.1, 0.15) is 11.6 Å². The zero-order valence-corrected chi connectivity index (χ0v) is 55.5. The van der Waals surface area contributed by atoms with Gasteiger partial charge in [-0.25, -0.2) is 8.78 Å². The van der Waals surface area contributed by atoms with E-state index in [0.717, 1.165) is 67.2 Å². The van der Waals surface area contributed by atoms with Gasteiger partial charge >= 0.3 is 0 Å². The second-order valence-corrected chi connectivity index (χ2v) is 19.2. The maximum Gasteiger partial charge on any atom is 0.123 e. The number of rotatable bonds is 8. The molecule has 0 atom stereocenters. The molecule has 3 radical (unpaired) electrons. The number of nitrogens with zero attached hydrogens (tertiary/aromatic N) is 5.